The topological polar surface area (TPSA) is 271 Å². The minimum atomic E-state index is -1.67. The highest BCUT2D eigenvalue weighted by Gasteiger charge is 2.31. The number of aromatic hydroxyl groups is 1. The monoisotopic (exact) mass is 511 g/mol. The number of aliphatic hydroxyl groups excluding tert-OH is 1. The summed E-state index contributed by atoms with van der Waals surface area (Å²) in [5, 5.41) is 43.3. The lowest BCUT2D eigenvalue weighted by molar-refractivity contribution is -0.143. The number of aliphatic hydroxyl groups is 1. The van der Waals surface area contributed by atoms with E-state index in [0.717, 1.165) is 0 Å². The third kappa shape index (κ3) is 10.4. The van der Waals surface area contributed by atoms with Gasteiger partial charge in [0.25, 0.3) is 0 Å². The molecule has 198 valence electrons. The van der Waals surface area contributed by atoms with Gasteiger partial charge in [-0.15, -0.1) is 0 Å². The second-order valence-corrected chi connectivity index (χ2v) is 7.78. The fourth-order valence-corrected chi connectivity index (χ4v) is 2.93. The van der Waals surface area contributed by atoms with Gasteiger partial charge in [-0.1, -0.05) is 12.1 Å². The van der Waals surface area contributed by atoms with Gasteiger partial charge in [0.15, 0.2) is 0 Å². The van der Waals surface area contributed by atoms with Crippen molar-refractivity contribution in [2.45, 2.75) is 49.9 Å². The number of hydrogen-bond acceptors (Lipinski definition) is 9. The first kappa shape index (κ1) is 29.8. The summed E-state index contributed by atoms with van der Waals surface area (Å²) in [4.78, 5) is 71.2. The van der Waals surface area contributed by atoms with Crippen LogP contribution in [0.3, 0.4) is 0 Å². The Kier molecular flexibility index (Phi) is 11.8. The number of primary amides is 1. The summed E-state index contributed by atoms with van der Waals surface area (Å²) in [6.07, 6.45) is -1.69. The lowest BCUT2D eigenvalue weighted by Gasteiger charge is -2.25. The normalized spacial score (nSPS) is 13.9. The van der Waals surface area contributed by atoms with Crippen molar-refractivity contribution in [2.75, 3.05) is 6.61 Å². The minimum absolute atomic E-state index is 0.0706. The summed E-state index contributed by atoms with van der Waals surface area (Å²) >= 11 is 0. The third-order valence-corrected chi connectivity index (χ3v) is 4.84. The number of nitrogens with one attached hydrogen (secondary N) is 3. The SMILES string of the molecule is NC(=O)CC(N)C(=O)NC(CCC(=O)O)C(=O)NC(Cc1ccc(O)cc1)C(=O)NC(CO)C(=O)O. The van der Waals surface area contributed by atoms with E-state index in [1.807, 2.05) is 0 Å². The number of carboxylic acid groups (broad SMARTS) is 2. The minimum Gasteiger partial charge on any atom is -0.508 e. The second kappa shape index (κ2) is 14.2. The second-order valence-electron chi connectivity index (χ2n) is 7.78. The van der Waals surface area contributed by atoms with Gasteiger partial charge in [0.05, 0.1) is 19.1 Å². The number of rotatable bonds is 15. The summed E-state index contributed by atoms with van der Waals surface area (Å²) in [5.41, 5.74) is 11.0. The van der Waals surface area contributed by atoms with Crippen molar-refractivity contribution in [3.05, 3.63) is 29.8 Å². The van der Waals surface area contributed by atoms with Gasteiger partial charge >= 0.3 is 11.9 Å². The van der Waals surface area contributed by atoms with Crippen molar-refractivity contribution in [3.8, 4) is 5.75 Å². The van der Waals surface area contributed by atoms with Crippen LogP contribution in [0.2, 0.25) is 0 Å². The molecule has 0 saturated carbocycles. The number of benzene rings is 1. The van der Waals surface area contributed by atoms with E-state index in [9.17, 15) is 39.0 Å². The molecule has 0 aromatic heterocycles. The molecule has 36 heavy (non-hydrogen) atoms. The van der Waals surface area contributed by atoms with Gasteiger partial charge in [0.2, 0.25) is 23.6 Å². The molecule has 0 saturated heterocycles. The Hall–Kier alpha value is -4.24. The number of phenols is 1. The fraction of sp³-hybridized carbons (Fsp3) is 0.429. The maximum atomic E-state index is 12.9. The van der Waals surface area contributed by atoms with Gasteiger partial charge in [-0.25, -0.2) is 4.79 Å². The standard InChI is InChI=1S/C21H29N5O10/c22-12(8-16(23)29)18(32)24-13(5-6-17(30)31)19(33)25-14(7-10-1-3-11(28)4-2-10)20(34)26-15(9-27)21(35)36/h1-4,12-15,27-28H,5-9,22H2,(H2,23,29)(H,24,32)(H,25,33)(H,26,34)(H,30,31)(H,35,36). The van der Waals surface area contributed by atoms with E-state index >= 15 is 0 Å². The molecule has 0 bridgehead atoms. The largest absolute Gasteiger partial charge is 0.508 e. The van der Waals surface area contributed by atoms with E-state index in [2.05, 4.69) is 16.0 Å². The van der Waals surface area contributed by atoms with Crippen molar-refractivity contribution in [2.24, 2.45) is 11.5 Å². The molecular weight excluding hydrogens is 482 g/mol. The van der Waals surface area contributed by atoms with Crippen molar-refractivity contribution >= 4 is 35.6 Å². The van der Waals surface area contributed by atoms with Crippen LogP contribution in [0.1, 0.15) is 24.8 Å². The molecule has 0 spiro atoms. The van der Waals surface area contributed by atoms with E-state index in [0.29, 0.717) is 5.56 Å². The maximum absolute atomic E-state index is 12.9. The number of phenolic OH excluding ortho intramolecular Hbond substituents is 1. The van der Waals surface area contributed by atoms with Crippen molar-refractivity contribution < 1.29 is 49.2 Å². The first-order chi connectivity index (χ1) is 16.8. The molecule has 0 heterocycles. The molecule has 0 radical (unpaired) electrons. The zero-order valence-corrected chi connectivity index (χ0v) is 19.0. The Morgan fingerprint density at radius 1 is 0.833 bits per heavy atom. The summed E-state index contributed by atoms with van der Waals surface area (Å²) in [5.74, 6) is -6.72. The smallest absolute Gasteiger partial charge is 0.328 e. The Morgan fingerprint density at radius 2 is 1.36 bits per heavy atom. The highest BCUT2D eigenvalue weighted by molar-refractivity contribution is 5.95. The van der Waals surface area contributed by atoms with Gasteiger partial charge in [0.1, 0.15) is 23.9 Å². The number of hydrogen-bond donors (Lipinski definition) is 9. The Morgan fingerprint density at radius 3 is 1.86 bits per heavy atom. The van der Waals surface area contributed by atoms with Crippen molar-refractivity contribution in [3.63, 3.8) is 0 Å². The average Bonchev–Trinajstić information content (AvgIpc) is 2.79. The Balaban J connectivity index is 3.14. The van der Waals surface area contributed by atoms with Crippen molar-refractivity contribution in [1.82, 2.24) is 16.0 Å². The molecule has 4 amide bonds. The van der Waals surface area contributed by atoms with Gasteiger partial charge in [-0.05, 0) is 24.1 Å². The predicted molar refractivity (Wildman–Crippen MR) is 121 cm³/mol. The van der Waals surface area contributed by atoms with Gasteiger partial charge < -0.3 is 47.8 Å². The van der Waals surface area contributed by atoms with Crippen molar-refractivity contribution in [1.29, 1.82) is 0 Å². The Labute approximate surface area is 204 Å². The van der Waals surface area contributed by atoms with Crippen LogP contribution in [-0.2, 0) is 35.2 Å². The lowest BCUT2D eigenvalue weighted by Crippen LogP contribution is -2.58. The first-order valence-corrected chi connectivity index (χ1v) is 10.6. The maximum Gasteiger partial charge on any atom is 0.328 e. The molecule has 0 aliphatic rings. The average molecular weight is 511 g/mol. The first-order valence-electron chi connectivity index (χ1n) is 10.6. The van der Waals surface area contributed by atoms with Crippen LogP contribution in [0.5, 0.6) is 5.75 Å². The summed E-state index contributed by atoms with van der Waals surface area (Å²) < 4.78 is 0. The van der Waals surface area contributed by atoms with Crippen LogP contribution < -0.4 is 27.4 Å². The fourth-order valence-electron chi connectivity index (χ4n) is 2.93. The molecule has 1 aromatic rings. The molecule has 11 N–H and O–H groups in total. The molecule has 15 nitrogen and oxygen atoms in total. The summed E-state index contributed by atoms with van der Waals surface area (Å²) in [7, 11) is 0. The number of nitrogens with two attached hydrogens (primary N) is 2. The summed E-state index contributed by atoms with van der Waals surface area (Å²) in [6.45, 7) is -0.935. The van der Waals surface area contributed by atoms with Crippen LogP contribution in [0.15, 0.2) is 24.3 Å². The van der Waals surface area contributed by atoms with Crippen LogP contribution >= 0.6 is 0 Å². The highest BCUT2D eigenvalue weighted by atomic mass is 16.4. The van der Waals surface area contributed by atoms with Gasteiger partial charge in [0, 0.05) is 12.8 Å². The van der Waals surface area contributed by atoms with E-state index in [1.54, 1.807) is 0 Å². The molecule has 15 heteroatoms. The zero-order chi connectivity index (χ0) is 27.4. The van der Waals surface area contributed by atoms with Crippen LogP contribution in [-0.4, -0.2) is 86.8 Å². The number of carboxylic acids is 2. The van der Waals surface area contributed by atoms with Gasteiger partial charge in [-0.2, -0.15) is 0 Å². The van der Waals surface area contributed by atoms with Crippen LogP contribution in [0.25, 0.3) is 0 Å². The van der Waals surface area contributed by atoms with E-state index < -0.39 is 85.6 Å². The van der Waals surface area contributed by atoms with Gasteiger partial charge in [-0.3, -0.25) is 24.0 Å². The zero-order valence-electron chi connectivity index (χ0n) is 19.0. The molecule has 4 atom stereocenters. The molecule has 0 aliphatic carbocycles. The number of amides is 4. The Bertz CT molecular complexity index is 968. The molecule has 4 unspecified atom stereocenters. The van der Waals surface area contributed by atoms with E-state index in [-0.39, 0.29) is 12.2 Å². The number of carbonyl (C=O) groups excluding carboxylic acids is 4. The molecule has 1 aromatic carbocycles. The van der Waals surface area contributed by atoms with E-state index in [4.69, 9.17) is 21.7 Å². The number of carbonyl (C=O) groups is 6. The number of aliphatic carboxylic acids is 2. The third-order valence-electron chi connectivity index (χ3n) is 4.84. The lowest BCUT2D eigenvalue weighted by atomic mass is 10.0. The predicted octanol–water partition coefficient (Wildman–Crippen LogP) is -3.47. The summed E-state index contributed by atoms with van der Waals surface area (Å²) in [6, 6.07) is -0.504. The molecule has 0 fully saturated rings. The molecule has 1 rings (SSSR count). The molecule has 0 aliphatic heterocycles. The quantitative estimate of drug-likeness (QED) is 0.112. The van der Waals surface area contributed by atoms with Crippen LogP contribution in [0.4, 0.5) is 0 Å². The molecular formula is C21H29N5O10. The van der Waals surface area contributed by atoms with E-state index in [1.165, 1.54) is 24.3 Å². The van der Waals surface area contributed by atoms with Crippen LogP contribution in [0, 0.1) is 0 Å². The highest BCUT2D eigenvalue weighted by Crippen LogP contribution is 2.12.